The van der Waals surface area contributed by atoms with Crippen molar-refractivity contribution >= 4 is 20.2 Å². The van der Waals surface area contributed by atoms with Gasteiger partial charge < -0.3 is 4.74 Å². The highest BCUT2D eigenvalue weighted by Crippen LogP contribution is 2.26. The Labute approximate surface area is 210 Å². The molecule has 0 saturated carbocycles. The van der Waals surface area contributed by atoms with Crippen LogP contribution in [0.25, 0.3) is 0 Å². The summed E-state index contributed by atoms with van der Waals surface area (Å²) >= 11 is 0. The molecule has 0 spiro atoms. The third-order valence-corrected chi connectivity index (χ3v) is 7.26. The molecule has 218 valence electrons. The minimum Gasteiger partial charge on any atom is -0.373 e. The van der Waals surface area contributed by atoms with Crippen LogP contribution < -0.4 is 0 Å². The van der Waals surface area contributed by atoms with E-state index in [0.29, 0.717) is 12.8 Å². The van der Waals surface area contributed by atoms with Gasteiger partial charge in [0, 0.05) is 6.61 Å². The highest BCUT2D eigenvalue weighted by atomic mass is 32.2. The summed E-state index contributed by atoms with van der Waals surface area (Å²) in [5.74, 6) is 0. The number of ether oxygens (including phenoxy) is 1. The first-order valence-electron chi connectivity index (χ1n) is 12.2. The van der Waals surface area contributed by atoms with E-state index in [2.05, 4.69) is 15.3 Å². The van der Waals surface area contributed by atoms with Crippen LogP contribution in [-0.2, 0) is 33.3 Å². The van der Waals surface area contributed by atoms with Crippen LogP contribution in [0.1, 0.15) is 96.8 Å². The third-order valence-electron chi connectivity index (χ3n) is 5.24. The van der Waals surface area contributed by atoms with E-state index < -0.39 is 50.6 Å². The first-order valence-corrected chi connectivity index (χ1v) is 15.0. The predicted molar refractivity (Wildman–Crippen MR) is 122 cm³/mol. The summed E-state index contributed by atoms with van der Waals surface area (Å²) in [5.41, 5.74) is -11.5. The normalized spacial score (nSPS) is 13.6. The molecule has 15 heteroatoms. The molecule has 0 heterocycles. The molecule has 36 heavy (non-hydrogen) atoms. The van der Waals surface area contributed by atoms with Gasteiger partial charge in [-0.2, -0.15) is 43.2 Å². The van der Waals surface area contributed by atoms with E-state index in [-0.39, 0.29) is 6.61 Å². The lowest BCUT2D eigenvalue weighted by Crippen LogP contribution is -2.35. The van der Waals surface area contributed by atoms with Crippen molar-refractivity contribution in [1.29, 1.82) is 0 Å². The highest BCUT2D eigenvalue weighted by molar-refractivity contribution is 7.87. The number of hydrogen-bond donors (Lipinski definition) is 0. The van der Waals surface area contributed by atoms with Gasteiger partial charge in [0.2, 0.25) is 0 Å². The molecule has 0 bridgehead atoms. The SMILES string of the molecule is CCCCCCCCCCCCCCCCOC(COS(=O)(=O)C(F)(F)F)COS(=O)(=O)C(F)(F)F. The molecular weight excluding hydrogens is 542 g/mol. The van der Waals surface area contributed by atoms with Crippen molar-refractivity contribution in [3.05, 3.63) is 0 Å². The summed E-state index contributed by atoms with van der Waals surface area (Å²) in [4.78, 5) is 0. The standard InChI is InChI=1S/C21H38F6O7S2/c1-2-3-4-5-6-7-8-9-10-11-12-13-14-15-16-32-19(17-33-35(28,29)20(22,23)24)18-34-36(30,31)21(25,26)27/h19H,2-18H2,1H3. The molecule has 0 unspecified atom stereocenters. The molecular formula is C21H38F6O7S2. The van der Waals surface area contributed by atoms with Crippen molar-refractivity contribution in [1.82, 2.24) is 0 Å². The number of unbranched alkanes of at least 4 members (excludes halogenated alkanes) is 13. The molecule has 0 radical (unpaired) electrons. The van der Waals surface area contributed by atoms with Gasteiger partial charge in [0.15, 0.2) is 0 Å². The quantitative estimate of drug-likeness (QED) is 0.0617. The fourth-order valence-corrected chi connectivity index (χ4v) is 4.08. The van der Waals surface area contributed by atoms with E-state index >= 15 is 0 Å². The summed E-state index contributed by atoms with van der Waals surface area (Å²) in [7, 11) is -12.1. The minimum absolute atomic E-state index is 0.159. The number of halogens is 6. The molecule has 0 saturated heterocycles. The lowest BCUT2D eigenvalue weighted by Gasteiger charge is -2.19. The maximum absolute atomic E-state index is 12.4. The lowest BCUT2D eigenvalue weighted by atomic mass is 10.0. The molecule has 0 aromatic heterocycles. The Bertz CT molecular complexity index is 721. The maximum atomic E-state index is 12.4. The van der Waals surface area contributed by atoms with Crippen LogP contribution in [0.4, 0.5) is 26.3 Å². The smallest absolute Gasteiger partial charge is 0.373 e. The zero-order valence-corrected chi connectivity index (χ0v) is 22.2. The Morgan fingerprint density at radius 2 is 0.861 bits per heavy atom. The van der Waals surface area contributed by atoms with Gasteiger partial charge in [0.1, 0.15) is 6.10 Å². The molecule has 0 aromatic carbocycles. The van der Waals surface area contributed by atoms with E-state index in [0.717, 1.165) is 25.7 Å². The molecule has 0 aromatic rings. The third kappa shape index (κ3) is 16.3. The molecule has 0 aliphatic rings. The summed E-state index contributed by atoms with van der Waals surface area (Å²) in [5, 5.41) is 0. The largest absolute Gasteiger partial charge is 0.523 e. The molecule has 0 fully saturated rings. The van der Waals surface area contributed by atoms with Gasteiger partial charge in [-0.15, -0.1) is 0 Å². The van der Waals surface area contributed by atoms with Crippen molar-refractivity contribution in [2.75, 3.05) is 19.8 Å². The molecule has 0 rings (SSSR count). The van der Waals surface area contributed by atoms with E-state index in [1.54, 1.807) is 0 Å². The summed E-state index contributed by atoms with van der Waals surface area (Å²) in [6, 6.07) is 0. The first-order chi connectivity index (χ1) is 16.6. The van der Waals surface area contributed by atoms with Gasteiger partial charge in [-0.1, -0.05) is 90.4 Å². The van der Waals surface area contributed by atoms with Crippen LogP contribution in [0.5, 0.6) is 0 Å². The Balaban J connectivity index is 4.23. The minimum atomic E-state index is -6.04. The van der Waals surface area contributed by atoms with Gasteiger partial charge in [-0.05, 0) is 6.42 Å². The van der Waals surface area contributed by atoms with Gasteiger partial charge in [-0.3, -0.25) is 8.37 Å². The Morgan fingerprint density at radius 3 is 1.17 bits per heavy atom. The number of rotatable bonds is 22. The van der Waals surface area contributed by atoms with Crippen molar-refractivity contribution in [3.63, 3.8) is 0 Å². The second-order valence-corrected chi connectivity index (χ2v) is 11.7. The molecule has 7 nitrogen and oxygen atoms in total. The van der Waals surface area contributed by atoms with E-state index in [1.165, 1.54) is 51.4 Å². The van der Waals surface area contributed by atoms with Crippen LogP contribution in [0.15, 0.2) is 0 Å². The molecule has 0 amide bonds. The first kappa shape index (κ1) is 35.4. The fraction of sp³-hybridized carbons (Fsp3) is 1.00. The van der Waals surface area contributed by atoms with E-state index in [1.807, 2.05) is 0 Å². The average molecular weight is 581 g/mol. The molecule has 0 N–H and O–H groups in total. The van der Waals surface area contributed by atoms with Crippen molar-refractivity contribution in [3.8, 4) is 0 Å². The van der Waals surface area contributed by atoms with Crippen LogP contribution >= 0.6 is 0 Å². The summed E-state index contributed by atoms with van der Waals surface area (Å²) < 4.78 is 131. The van der Waals surface area contributed by atoms with Crippen LogP contribution in [0.3, 0.4) is 0 Å². The molecule has 0 aliphatic carbocycles. The lowest BCUT2D eigenvalue weighted by molar-refractivity contribution is -0.0669. The predicted octanol–water partition coefficient (Wildman–Crippen LogP) is 6.59. The van der Waals surface area contributed by atoms with E-state index in [4.69, 9.17) is 4.74 Å². The van der Waals surface area contributed by atoms with Gasteiger partial charge in [0.05, 0.1) is 13.2 Å². The van der Waals surface area contributed by atoms with Crippen molar-refractivity contribution < 1.29 is 56.3 Å². The summed E-state index contributed by atoms with van der Waals surface area (Å²) in [6.07, 6.45) is 13.2. The van der Waals surface area contributed by atoms with Crippen LogP contribution in [-0.4, -0.2) is 53.8 Å². The second kappa shape index (κ2) is 17.8. The van der Waals surface area contributed by atoms with Gasteiger partial charge in [-0.25, -0.2) is 0 Å². The van der Waals surface area contributed by atoms with Crippen molar-refractivity contribution in [2.45, 2.75) is 114 Å². The Kier molecular flexibility index (Phi) is 17.5. The molecule has 0 aliphatic heterocycles. The Hall–Kier alpha value is -0.640. The zero-order valence-electron chi connectivity index (χ0n) is 20.5. The Morgan fingerprint density at radius 1 is 0.556 bits per heavy atom. The van der Waals surface area contributed by atoms with Crippen molar-refractivity contribution in [2.24, 2.45) is 0 Å². The highest BCUT2D eigenvalue weighted by Gasteiger charge is 2.49. The number of alkyl halides is 6. The average Bonchev–Trinajstić information content (AvgIpc) is 2.76. The maximum Gasteiger partial charge on any atom is 0.523 e. The van der Waals surface area contributed by atoms with Gasteiger partial charge >= 0.3 is 31.3 Å². The van der Waals surface area contributed by atoms with E-state index in [9.17, 15) is 43.2 Å². The monoisotopic (exact) mass is 580 g/mol. The topological polar surface area (TPSA) is 96.0 Å². The van der Waals surface area contributed by atoms with Crippen LogP contribution in [0.2, 0.25) is 0 Å². The van der Waals surface area contributed by atoms with Gasteiger partial charge in [0.25, 0.3) is 0 Å². The molecule has 0 atom stereocenters. The second-order valence-electron chi connectivity index (χ2n) is 8.46. The number of hydrogen-bond acceptors (Lipinski definition) is 7. The van der Waals surface area contributed by atoms with Crippen LogP contribution in [0, 0.1) is 0 Å². The summed E-state index contributed by atoms with van der Waals surface area (Å²) in [6.45, 7) is -0.711. The fourth-order valence-electron chi connectivity index (χ4n) is 3.16. The zero-order chi connectivity index (χ0) is 27.7.